The number of hydrogen-bond donors (Lipinski definition) is 0. The minimum atomic E-state index is 0.00356. The van der Waals surface area contributed by atoms with Gasteiger partial charge in [-0.15, -0.1) is 0 Å². The fourth-order valence-electron chi connectivity index (χ4n) is 0.988. The van der Waals surface area contributed by atoms with Crippen LogP contribution in [-0.2, 0) is 9.53 Å². The lowest BCUT2D eigenvalue weighted by molar-refractivity contribution is -0.113. The fraction of sp³-hybridized carbons (Fsp3) is 0.462. The van der Waals surface area contributed by atoms with Gasteiger partial charge in [-0.05, 0) is 38.8 Å². The summed E-state index contributed by atoms with van der Waals surface area (Å²) in [6.07, 6.45) is 4.26. The van der Waals surface area contributed by atoms with E-state index in [0.717, 1.165) is 17.8 Å². The van der Waals surface area contributed by atoms with Crippen LogP contribution in [0.3, 0.4) is 0 Å². The second kappa shape index (κ2) is 7.04. The lowest BCUT2D eigenvalue weighted by Crippen LogP contribution is -1.98. The Morgan fingerprint density at radius 2 is 1.93 bits per heavy atom. The molecule has 0 aromatic rings. The minimum Gasteiger partial charge on any atom is -0.494 e. The molecular formula is C13H20O2. The second-order valence-electron chi connectivity index (χ2n) is 3.57. The lowest BCUT2D eigenvalue weighted by atomic mass is 10.1. The van der Waals surface area contributed by atoms with Gasteiger partial charge in [0.1, 0.15) is 5.76 Å². The molecule has 0 bridgehead atoms. The van der Waals surface area contributed by atoms with Crippen LogP contribution in [0.25, 0.3) is 0 Å². The zero-order valence-corrected chi connectivity index (χ0v) is 10.1. The van der Waals surface area contributed by atoms with Gasteiger partial charge in [-0.3, -0.25) is 4.79 Å². The number of ether oxygens (including phenoxy) is 1. The number of ketones is 1. The largest absolute Gasteiger partial charge is 0.494 e. The summed E-state index contributed by atoms with van der Waals surface area (Å²) in [5, 5.41) is 0. The van der Waals surface area contributed by atoms with Crippen molar-refractivity contribution in [3.05, 3.63) is 35.6 Å². The molecule has 0 N–H and O–H groups in total. The van der Waals surface area contributed by atoms with E-state index in [4.69, 9.17) is 4.74 Å². The number of carbonyl (C=O) groups excluding carboxylic acids is 1. The maximum Gasteiger partial charge on any atom is 0.159 e. The third kappa shape index (κ3) is 5.21. The molecule has 15 heavy (non-hydrogen) atoms. The summed E-state index contributed by atoms with van der Waals surface area (Å²) < 4.78 is 5.54. The highest BCUT2D eigenvalue weighted by Gasteiger charge is 2.03. The smallest absolute Gasteiger partial charge is 0.159 e. The Balaban J connectivity index is 4.88. The highest BCUT2D eigenvalue weighted by Crippen LogP contribution is 2.12. The number of carbonyl (C=O) groups is 1. The first-order valence-electron chi connectivity index (χ1n) is 5.18. The number of hydrogen-bond acceptors (Lipinski definition) is 2. The molecule has 0 radical (unpaired) electrons. The number of Topliss-reactive ketones (excluding diaryl/α,β-unsaturated/α-hetero) is 1. The first kappa shape index (κ1) is 13.7. The summed E-state index contributed by atoms with van der Waals surface area (Å²) in [4.78, 5) is 11.2. The van der Waals surface area contributed by atoms with Gasteiger partial charge in [-0.25, -0.2) is 0 Å². The van der Waals surface area contributed by atoms with E-state index in [2.05, 4.69) is 6.58 Å². The Labute approximate surface area is 92.3 Å². The summed E-state index contributed by atoms with van der Waals surface area (Å²) in [6.45, 7) is 11.8. The zero-order chi connectivity index (χ0) is 11.8. The van der Waals surface area contributed by atoms with Crippen LogP contribution < -0.4 is 0 Å². The van der Waals surface area contributed by atoms with Crippen LogP contribution in [0.4, 0.5) is 0 Å². The molecule has 0 saturated carbocycles. The van der Waals surface area contributed by atoms with Gasteiger partial charge in [0.15, 0.2) is 5.78 Å². The van der Waals surface area contributed by atoms with Crippen molar-refractivity contribution in [2.24, 2.45) is 0 Å². The maximum absolute atomic E-state index is 11.2. The molecule has 0 aliphatic rings. The van der Waals surface area contributed by atoms with Crippen LogP contribution in [0.15, 0.2) is 35.6 Å². The molecule has 0 aromatic heterocycles. The Morgan fingerprint density at radius 3 is 2.27 bits per heavy atom. The second-order valence-corrected chi connectivity index (χ2v) is 3.57. The molecular weight excluding hydrogens is 188 g/mol. The highest BCUT2D eigenvalue weighted by atomic mass is 16.5. The van der Waals surface area contributed by atoms with E-state index in [0.29, 0.717) is 12.2 Å². The zero-order valence-electron chi connectivity index (χ0n) is 10.1. The highest BCUT2D eigenvalue weighted by molar-refractivity contribution is 5.96. The molecule has 0 aromatic carbocycles. The van der Waals surface area contributed by atoms with Crippen molar-refractivity contribution in [2.45, 2.75) is 34.1 Å². The minimum absolute atomic E-state index is 0.00356. The summed E-state index contributed by atoms with van der Waals surface area (Å²) in [5.41, 5.74) is 1.64. The third-order valence-corrected chi connectivity index (χ3v) is 1.87. The molecule has 2 nitrogen and oxygen atoms in total. The molecule has 0 fully saturated rings. The van der Waals surface area contributed by atoms with Crippen molar-refractivity contribution in [1.82, 2.24) is 0 Å². The molecule has 0 saturated heterocycles. The van der Waals surface area contributed by atoms with Gasteiger partial charge in [0.2, 0.25) is 0 Å². The van der Waals surface area contributed by atoms with Gasteiger partial charge in [0.25, 0.3) is 0 Å². The van der Waals surface area contributed by atoms with Crippen molar-refractivity contribution in [2.75, 3.05) is 6.61 Å². The van der Waals surface area contributed by atoms with Gasteiger partial charge in [-0.1, -0.05) is 19.6 Å². The van der Waals surface area contributed by atoms with Crippen LogP contribution in [0, 0.1) is 0 Å². The molecule has 2 heteroatoms. The van der Waals surface area contributed by atoms with Gasteiger partial charge in [-0.2, -0.15) is 0 Å². The molecule has 0 aliphatic carbocycles. The molecule has 0 amide bonds. The Bertz CT molecular complexity index is 292. The monoisotopic (exact) mass is 208 g/mol. The summed E-state index contributed by atoms with van der Waals surface area (Å²) in [5.74, 6) is 0.769. The first-order chi connectivity index (χ1) is 7.02. The van der Waals surface area contributed by atoms with E-state index in [1.54, 1.807) is 12.2 Å². The van der Waals surface area contributed by atoms with Gasteiger partial charge in [0, 0.05) is 5.57 Å². The third-order valence-electron chi connectivity index (χ3n) is 1.87. The van der Waals surface area contributed by atoms with Crippen molar-refractivity contribution in [3.8, 4) is 0 Å². The van der Waals surface area contributed by atoms with Crippen LogP contribution >= 0.6 is 0 Å². The van der Waals surface area contributed by atoms with Crippen LogP contribution in [0.1, 0.15) is 34.1 Å². The van der Waals surface area contributed by atoms with Crippen molar-refractivity contribution in [1.29, 1.82) is 0 Å². The van der Waals surface area contributed by atoms with Crippen molar-refractivity contribution >= 4 is 5.78 Å². The summed E-state index contributed by atoms with van der Waals surface area (Å²) in [7, 11) is 0. The van der Waals surface area contributed by atoms with Crippen molar-refractivity contribution < 1.29 is 9.53 Å². The SMILES string of the molecule is C=C/C(=C\C(OCCC)=C(C)C)C(C)=O. The number of allylic oxidation sites excluding steroid dienone is 4. The average molecular weight is 208 g/mol. The molecule has 0 heterocycles. The van der Waals surface area contributed by atoms with Crippen LogP contribution in [0.2, 0.25) is 0 Å². The molecule has 0 aliphatic heterocycles. The van der Waals surface area contributed by atoms with E-state index in [1.807, 2.05) is 20.8 Å². The Morgan fingerprint density at radius 1 is 1.33 bits per heavy atom. The number of rotatable bonds is 6. The quantitative estimate of drug-likeness (QED) is 0.380. The van der Waals surface area contributed by atoms with Crippen LogP contribution in [-0.4, -0.2) is 12.4 Å². The molecule has 0 rings (SSSR count). The van der Waals surface area contributed by atoms with Gasteiger partial charge >= 0.3 is 0 Å². The summed E-state index contributed by atoms with van der Waals surface area (Å²) >= 11 is 0. The Kier molecular flexibility index (Phi) is 6.43. The van der Waals surface area contributed by atoms with E-state index >= 15 is 0 Å². The molecule has 0 atom stereocenters. The lowest BCUT2D eigenvalue weighted by Gasteiger charge is -2.08. The van der Waals surface area contributed by atoms with Crippen molar-refractivity contribution in [3.63, 3.8) is 0 Å². The summed E-state index contributed by atoms with van der Waals surface area (Å²) in [6, 6.07) is 0. The normalized spacial score (nSPS) is 10.8. The van der Waals surface area contributed by atoms with Gasteiger partial charge < -0.3 is 4.74 Å². The first-order valence-corrected chi connectivity index (χ1v) is 5.18. The van der Waals surface area contributed by atoms with E-state index < -0.39 is 0 Å². The van der Waals surface area contributed by atoms with Gasteiger partial charge in [0.05, 0.1) is 6.61 Å². The predicted octanol–water partition coefficient (Wildman–Crippen LogP) is 3.41. The predicted molar refractivity (Wildman–Crippen MR) is 63.6 cm³/mol. The molecule has 84 valence electrons. The average Bonchev–Trinajstić information content (AvgIpc) is 2.17. The maximum atomic E-state index is 11.2. The van der Waals surface area contributed by atoms with E-state index in [9.17, 15) is 4.79 Å². The van der Waals surface area contributed by atoms with E-state index in [1.165, 1.54) is 6.92 Å². The Hall–Kier alpha value is -1.31. The standard InChI is InChI=1S/C13H20O2/c1-6-8-15-13(10(3)4)9-12(7-2)11(5)14/h7,9H,2,6,8H2,1,3-5H3/b12-9+. The van der Waals surface area contributed by atoms with Crippen LogP contribution in [0.5, 0.6) is 0 Å². The topological polar surface area (TPSA) is 26.3 Å². The molecule has 0 spiro atoms. The van der Waals surface area contributed by atoms with E-state index in [-0.39, 0.29) is 5.78 Å². The fourth-order valence-corrected chi connectivity index (χ4v) is 0.988. The molecule has 0 unspecified atom stereocenters.